The topological polar surface area (TPSA) is 85.6 Å². The van der Waals surface area contributed by atoms with Crippen molar-refractivity contribution in [3.05, 3.63) is 59.7 Å². The van der Waals surface area contributed by atoms with Crippen LogP contribution in [0.2, 0.25) is 0 Å². The van der Waals surface area contributed by atoms with Gasteiger partial charge >= 0.3 is 11.9 Å². The van der Waals surface area contributed by atoms with Crippen LogP contribution in [-0.2, 0) is 9.53 Å². The SMILES string of the molecule is CCC(=O)OCCCOc1ccc(C(=O)Oc2ccc(C#N)cc2)cc1. The number of benzene rings is 2. The molecule has 2 aromatic rings. The van der Waals surface area contributed by atoms with Crippen molar-refractivity contribution < 1.29 is 23.8 Å². The first-order valence-corrected chi connectivity index (χ1v) is 8.23. The third-order valence-corrected chi connectivity index (χ3v) is 3.39. The normalized spacial score (nSPS) is 9.85. The standard InChI is InChI=1S/C20H19NO5/c1-2-19(22)25-13-3-12-24-17-10-6-16(7-11-17)20(23)26-18-8-4-15(14-21)5-9-18/h4-11H,2-3,12-13H2,1H3. The highest BCUT2D eigenvalue weighted by Gasteiger charge is 2.09. The third-order valence-electron chi connectivity index (χ3n) is 3.39. The molecule has 0 aliphatic heterocycles. The van der Waals surface area contributed by atoms with E-state index < -0.39 is 5.97 Å². The lowest BCUT2D eigenvalue weighted by Gasteiger charge is -2.08. The molecule has 0 amide bonds. The Morgan fingerprint density at radius 3 is 2.23 bits per heavy atom. The minimum atomic E-state index is -0.493. The zero-order chi connectivity index (χ0) is 18.8. The van der Waals surface area contributed by atoms with Gasteiger partial charge in [0.1, 0.15) is 11.5 Å². The number of carbonyl (C=O) groups is 2. The van der Waals surface area contributed by atoms with Crippen molar-refractivity contribution >= 4 is 11.9 Å². The smallest absolute Gasteiger partial charge is 0.343 e. The fraction of sp³-hybridized carbons (Fsp3) is 0.250. The van der Waals surface area contributed by atoms with Gasteiger partial charge in [-0.3, -0.25) is 4.79 Å². The van der Waals surface area contributed by atoms with Gasteiger partial charge in [0, 0.05) is 12.8 Å². The van der Waals surface area contributed by atoms with Gasteiger partial charge in [-0.05, 0) is 48.5 Å². The molecule has 2 aromatic carbocycles. The van der Waals surface area contributed by atoms with E-state index in [1.54, 1.807) is 55.5 Å². The molecular formula is C20H19NO5. The van der Waals surface area contributed by atoms with E-state index in [9.17, 15) is 9.59 Å². The van der Waals surface area contributed by atoms with Gasteiger partial charge in [-0.25, -0.2) is 4.79 Å². The Hall–Kier alpha value is -3.33. The van der Waals surface area contributed by atoms with Crippen LogP contribution < -0.4 is 9.47 Å². The van der Waals surface area contributed by atoms with Crippen LogP contribution in [-0.4, -0.2) is 25.2 Å². The molecule has 26 heavy (non-hydrogen) atoms. The van der Waals surface area contributed by atoms with Gasteiger partial charge < -0.3 is 14.2 Å². The van der Waals surface area contributed by atoms with Crippen LogP contribution in [0.1, 0.15) is 35.7 Å². The third kappa shape index (κ3) is 5.95. The van der Waals surface area contributed by atoms with Crippen molar-refractivity contribution in [2.75, 3.05) is 13.2 Å². The van der Waals surface area contributed by atoms with Gasteiger partial charge in [-0.2, -0.15) is 5.26 Å². The molecule has 0 N–H and O–H groups in total. The van der Waals surface area contributed by atoms with E-state index in [4.69, 9.17) is 19.5 Å². The maximum Gasteiger partial charge on any atom is 0.343 e. The number of nitrogens with zero attached hydrogens (tertiary/aromatic N) is 1. The average Bonchev–Trinajstić information content (AvgIpc) is 2.68. The number of hydrogen-bond acceptors (Lipinski definition) is 6. The highest BCUT2D eigenvalue weighted by molar-refractivity contribution is 5.91. The van der Waals surface area contributed by atoms with Crippen LogP contribution in [0.4, 0.5) is 0 Å². The fourth-order valence-electron chi connectivity index (χ4n) is 1.99. The minimum absolute atomic E-state index is 0.227. The Morgan fingerprint density at radius 2 is 1.62 bits per heavy atom. The summed E-state index contributed by atoms with van der Waals surface area (Å²) in [6.07, 6.45) is 0.953. The van der Waals surface area contributed by atoms with Crippen molar-refractivity contribution in [1.29, 1.82) is 5.26 Å². The molecule has 2 rings (SSSR count). The second-order valence-corrected chi connectivity index (χ2v) is 5.33. The van der Waals surface area contributed by atoms with Crippen molar-refractivity contribution in [1.82, 2.24) is 0 Å². The van der Waals surface area contributed by atoms with Crippen LogP contribution in [0.5, 0.6) is 11.5 Å². The minimum Gasteiger partial charge on any atom is -0.493 e. The maximum absolute atomic E-state index is 12.1. The number of nitriles is 1. The van der Waals surface area contributed by atoms with E-state index >= 15 is 0 Å². The monoisotopic (exact) mass is 353 g/mol. The zero-order valence-corrected chi connectivity index (χ0v) is 14.4. The van der Waals surface area contributed by atoms with Crippen molar-refractivity contribution in [3.63, 3.8) is 0 Å². The predicted molar refractivity (Wildman–Crippen MR) is 93.9 cm³/mol. The summed E-state index contributed by atoms with van der Waals surface area (Å²) in [7, 11) is 0. The largest absolute Gasteiger partial charge is 0.493 e. The first-order chi connectivity index (χ1) is 12.6. The summed E-state index contributed by atoms with van der Waals surface area (Å²) in [5.41, 5.74) is 0.884. The molecule has 0 aliphatic carbocycles. The molecule has 0 aromatic heterocycles. The molecule has 134 valence electrons. The van der Waals surface area contributed by atoms with Crippen LogP contribution >= 0.6 is 0 Å². The number of ether oxygens (including phenoxy) is 3. The van der Waals surface area contributed by atoms with E-state index in [0.29, 0.717) is 48.7 Å². The first-order valence-electron chi connectivity index (χ1n) is 8.23. The lowest BCUT2D eigenvalue weighted by molar-refractivity contribution is -0.143. The van der Waals surface area contributed by atoms with Crippen molar-refractivity contribution in [3.8, 4) is 17.6 Å². The zero-order valence-electron chi connectivity index (χ0n) is 14.4. The fourth-order valence-corrected chi connectivity index (χ4v) is 1.99. The molecule has 0 spiro atoms. The maximum atomic E-state index is 12.1. The summed E-state index contributed by atoms with van der Waals surface area (Å²) < 4.78 is 15.7. The second-order valence-electron chi connectivity index (χ2n) is 5.33. The Kier molecular flexibility index (Phi) is 7.19. The molecule has 0 bridgehead atoms. The summed E-state index contributed by atoms with van der Waals surface area (Å²) >= 11 is 0. The molecule has 6 heteroatoms. The Morgan fingerprint density at radius 1 is 0.962 bits per heavy atom. The highest BCUT2D eigenvalue weighted by atomic mass is 16.5. The molecule has 0 fully saturated rings. The summed E-state index contributed by atoms with van der Waals surface area (Å²) in [4.78, 5) is 23.1. The van der Waals surface area contributed by atoms with E-state index in [2.05, 4.69) is 0 Å². The highest BCUT2D eigenvalue weighted by Crippen LogP contribution is 2.16. The van der Waals surface area contributed by atoms with Gasteiger partial charge in [0.05, 0.1) is 30.4 Å². The van der Waals surface area contributed by atoms with Crippen LogP contribution in [0.3, 0.4) is 0 Å². The molecule has 0 saturated carbocycles. The van der Waals surface area contributed by atoms with Gasteiger partial charge in [-0.15, -0.1) is 0 Å². The molecule has 0 saturated heterocycles. The van der Waals surface area contributed by atoms with Gasteiger partial charge in [0.25, 0.3) is 0 Å². The lowest BCUT2D eigenvalue weighted by Crippen LogP contribution is -2.09. The molecule has 0 atom stereocenters. The Bertz CT molecular complexity index is 775. The molecule has 0 radical (unpaired) electrons. The van der Waals surface area contributed by atoms with E-state index in [-0.39, 0.29) is 5.97 Å². The molecule has 6 nitrogen and oxygen atoms in total. The summed E-state index contributed by atoms with van der Waals surface area (Å²) in [6.45, 7) is 2.47. The van der Waals surface area contributed by atoms with Gasteiger partial charge in [-0.1, -0.05) is 6.92 Å². The Balaban J connectivity index is 1.79. The van der Waals surface area contributed by atoms with Crippen LogP contribution in [0, 0.1) is 11.3 Å². The predicted octanol–water partition coefficient (Wildman–Crippen LogP) is 3.50. The molecule has 0 unspecified atom stereocenters. The summed E-state index contributed by atoms with van der Waals surface area (Å²) in [5.74, 6) is 0.264. The summed E-state index contributed by atoms with van der Waals surface area (Å²) in [6, 6.07) is 14.9. The number of carbonyl (C=O) groups excluding carboxylic acids is 2. The van der Waals surface area contributed by atoms with Gasteiger partial charge in [0.15, 0.2) is 0 Å². The van der Waals surface area contributed by atoms with Crippen LogP contribution in [0.25, 0.3) is 0 Å². The number of rotatable bonds is 8. The van der Waals surface area contributed by atoms with Gasteiger partial charge in [0.2, 0.25) is 0 Å². The van der Waals surface area contributed by atoms with E-state index in [0.717, 1.165) is 0 Å². The quantitative estimate of drug-likeness (QED) is 0.410. The van der Waals surface area contributed by atoms with Crippen molar-refractivity contribution in [2.24, 2.45) is 0 Å². The second kappa shape index (κ2) is 9.84. The average molecular weight is 353 g/mol. The van der Waals surface area contributed by atoms with Crippen molar-refractivity contribution in [2.45, 2.75) is 19.8 Å². The lowest BCUT2D eigenvalue weighted by atomic mass is 10.2. The van der Waals surface area contributed by atoms with E-state index in [1.807, 2.05) is 6.07 Å². The van der Waals surface area contributed by atoms with Crippen LogP contribution in [0.15, 0.2) is 48.5 Å². The molecule has 0 aliphatic rings. The number of esters is 2. The first kappa shape index (κ1) is 19.0. The summed E-state index contributed by atoms with van der Waals surface area (Å²) in [5, 5.41) is 8.75. The number of hydrogen-bond donors (Lipinski definition) is 0. The Labute approximate surface area is 151 Å². The molecular weight excluding hydrogens is 334 g/mol. The van der Waals surface area contributed by atoms with E-state index in [1.165, 1.54) is 0 Å². The molecule has 0 heterocycles.